The summed E-state index contributed by atoms with van der Waals surface area (Å²) in [7, 11) is -3.04. The Morgan fingerprint density at radius 2 is 1.53 bits per heavy atom. The molecular weight excluding hydrogens is 232 g/mol. The maximum absolute atomic E-state index is 11.5. The molecule has 0 aliphatic rings. The van der Waals surface area contributed by atoms with Gasteiger partial charge in [0, 0.05) is 0 Å². The third kappa shape index (κ3) is 5.68. The fourth-order valence-corrected chi connectivity index (χ4v) is 2.04. The highest BCUT2D eigenvalue weighted by Gasteiger charge is 2.11. The Hall–Kier alpha value is -1.09. The zero-order valence-corrected chi connectivity index (χ0v) is 12.4. The smallest absolute Gasteiger partial charge is 0.178 e. The summed E-state index contributed by atoms with van der Waals surface area (Å²) in [6, 6.07) is 5.24. The molecule has 0 saturated heterocycles. The Morgan fingerprint density at radius 3 is 1.88 bits per heavy atom. The Bertz CT molecular complexity index is 420. The fraction of sp³-hybridized carbons (Fsp3) is 0.429. The van der Waals surface area contributed by atoms with Crippen LogP contribution in [0.2, 0.25) is 0 Å². The Labute approximate surface area is 106 Å². The second-order valence-electron chi connectivity index (χ2n) is 3.15. The van der Waals surface area contributed by atoms with Crippen molar-refractivity contribution in [2.24, 2.45) is 0 Å². The monoisotopic (exact) mass is 256 g/mol. The SMILES string of the molecule is C=C.CC.CCS(=O)(=O)c1ccc(C)c(C)c1. The lowest BCUT2D eigenvalue weighted by atomic mass is 10.1. The van der Waals surface area contributed by atoms with Crippen LogP contribution in [0.4, 0.5) is 0 Å². The average Bonchev–Trinajstić information content (AvgIpc) is 2.37. The summed E-state index contributed by atoms with van der Waals surface area (Å²) in [5.74, 6) is 0.162. The first-order valence-electron chi connectivity index (χ1n) is 5.77. The van der Waals surface area contributed by atoms with Crippen LogP contribution in [0.15, 0.2) is 36.3 Å². The van der Waals surface area contributed by atoms with Crippen molar-refractivity contribution < 1.29 is 8.42 Å². The van der Waals surface area contributed by atoms with Gasteiger partial charge in [0.2, 0.25) is 0 Å². The largest absolute Gasteiger partial charge is 0.224 e. The number of aryl methyl sites for hydroxylation is 2. The Balaban J connectivity index is 0. The molecule has 1 aromatic rings. The second-order valence-corrected chi connectivity index (χ2v) is 5.43. The first-order chi connectivity index (χ1) is 7.97. The van der Waals surface area contributed by atoms with Crippen LogP contribution in [0.1, 0.15) is 31.9 Å². The maximum atomic E-state index is 11.5. The molecule has 0 unspecified atom stereocenters. The van der Waals surface area contributed by atoms with Crippen molar-refractivity contribution in [2.45, 2.75) is 39.5 Å². The number of hydrogen-bond acceptors (Lipinski definition) is 2. The number of sulfone groups is 1. The standard InChI is InChI=1S/C10H14O2S.C2H6.C2H4/c1-4-13(11,12)10-6-5-8(2)9(3)7-10;2*1-2/h5-7H,4H2,1-3H3;1-2H3;1-2H2. The molecule has 0 saturated carbocycles. The number of hydrogen-bond donors (Lipinski definition) is 0. The predicted molar refractivity (Wildman–Crippen MR) is 76.2 cm³/mol. The molecule has 2 nitrogen and oxygen atoms in total. The van der Waals surface area contributed by atoms with E-state index in [0.29, 0.717) is 4.90 Å². The molecule has 0 heterocycles. The zero-order chi connectivity index (χ0) is 14.1. The third-order valence-electron chi connectivity index (χ3n) is 2.22. The molecule has 0 aliphatic heterocycles. The van der Waals surface area contributed by atoms with Crippen LogP contribution in [0.5, 0.6) is 0 Å². The van der Waals surface area contributed by atoms with Crippen LogP contribution in [-0.2, 0) is 9.84 Å². The first-order valence-corrected chi connectivity index (χ1v) is 7.42. The number of benzene rings is 1. The summed E-state index contributed by atoms with van der Waals surface area (Å²) < 4.78 is 22.9. The summed E-state index contributed by atoms with van der Waals surface area (Å²) in [5, 5.41) is 0. The normalized spacial score (nSPS) is 9.47. The van der Waals surface area contributed by atoms with Crippen molar-refractivity contribution in [3.05, 3.63) is 42.5 Å². The lowest BCUT2D eigenvalue weighted by Crippen LogP contribution is -2.03. The molecular formula is C14H24O2S. The van der Waals surface area contributed by atoms with Gasteiger partial charge in [-0.3, -0.25) is 0 Å². The predicted octanol–water partition coefficient (Wildman–Crippen LogP) is 3.93. The molecule has 1 aromatic carbocycles. The molecule has 1 rings (SSSR count). The molecule has 0 aromatic heterocycles. The van der Waals surface area contributed by atoms with Gasteiger partial charge in [0.15, 0.2) is 9.84 Å². The van der Waals surface area contributed by atoms with Gasteiger partial charge in [0.1, 0.15) is 0 Å². The minimum atomic E-state index is -3.04. The second kappa shape index (κ2) is 8.99. The van der Waals surface area contributed by atoms with Gasteiger partial charge in [0.05, 0.1) is 10.6 Å². The summed E-state index contributed by atoms with van der Waals surface area (Å²) >= 11 is 0. The molecule has 0 aliphatic carbocycles. The van der Waals surface area contributed by atoms with E-state index in [1.165, 1.54) is 0 Å². The summed E-state index contributed by atoms with van der Waals surface area (Å²) in [6.45, 7) is 15.5. The molecule has 3 heteroatoms. The van der Waals surface area contributed by atoms with Gasteiger partial charge in [-0.15, -0.1) is 13.2 Å². The molecule has 0 amide bonds. The molecule has 0 bridgehead atoms. The molecule has 0 N–H and O–H groups in total. The van der Waals surface area contributed by atoms with Crippen LogP contribution < -0.4 is 0 Å². The van der Waals surface area contributed by atoms with Crippen molar-refractivity contribution in [3.63, 3.8) is 0 Å². The molecule has 98 valence electrons. The van der Waals surface area contributed by atoms with E-state index < -0.39 is 9.84 Å². The van der Waals surface area contributed by atoms with Gasteiger partial charge >= 0.3 is 0 Å². The van der Waals surface area contributed by atoms with E-state index in [1.807, 2.05) is 33.8 Å². The van der Waals surface area contributed by atoms with E-state index in [4.69, 9.17) is 0 Å². The minimum Gasteiger partial charge on any atom is -0.224 e. The van der Waals surface area contributed by atoms with Gasteiger partial charge in [-0.2, -0.15) is 0 Å². The fourth-order valence-electron chi connectivity index (χ4n) is 1.07. The topological polar surface area (TPSA) is 34.1 Å². The van der Waals surface area contributed by atoms with Crippen molar-refractivity contribution in [3.8, 4) is 0 Å². The Morgan fingerprint density at radius 1 is 1.06 bits per heavy atom. The van der Waals surface area contributed by atoms with E-state index in [0.717, 1.165) is 11.1 Å². The van der Waals surface area contributed by atoms with E-state index in [-0.39, 0.29) is 5.75 Å². The summed E-state index contributed by atoms with van der Waals surface area (Å²) in [6.07, 6.45) is 0. The van der Waals surface area contributed by atoms with Crippen molar-refractivity contribution in [2.75, 3.05) is 5.75 Å². The van der Waals surface area contributed by atoms with Crippen molar-refractivity contribution in [1.29, 1.82) is 0 Å². The highest BCUT2D eigenvalue weighted by molar-refractivity contribution is 7.91. The molecule has 0 radical (unpaired) electrons. The highest BCUT2D eigenvalue weighted by Crippen LogP contribution is 2.15. The van der Waals surface area contributed by atoms with Crippen LogP contribution >= 0.6 is 0 Å². The highest BCUT2D eigenvalue weighted by atomic mass is 32.2. The summed E-state index contributed by atoms with van der Waals surface area (Å²) in [4.78, 5) is 0.429. The molecule has 0 atom stereocenters. The lowest BCUT2D eigenvalue weighted by molar-refractivity contribution is 0.597. The van der Waals surface area contributed by atoms with Crippen LogP contribution in [0, 0.1) is 13.8 Å². The maximum Gasteiger partial charge on any atom is 0.178 e. The molecule has 17 heavy (non-hydrogen) atoms. The van der Waals surface area contributed by atoms with E-state index >= 15 is 0 Å². The van der Waals surface area contributed by atoms with Gasteiger partial charge in [-0.1, -0.05) is 26.8 Å². The van der Waals surface area contributed by atoms with Gasteiger partial charge in [-0.05, 0) is 37.1 Å². The van der Waals surface area contributed by atoms with Crippen molar-refractivity contribution in [1.82, 2.24) is 0 Å². The number of rotatable bonds is 2. The average molecular weight is 256 g/mol. The van der Waals surface area contributed by atoms with Crippen LogP contribution in [0.25, 0.3) is 0 Å². The van der Waals surface area contributed by atoms with Crippen LogP contribution in [0.3, 0.4) is 0 Å². The van der Waals surface area contributed by atoms with E-state index in [2.05, 4.69) is 13.2 Å². The minimum absolute atomic E-state index is 0.162. The van der Waals surface area contributed by atoms with Crippen LogP contribution in [-0.4, -0.2) is 14.2 Å². The van der Waals surface area contributed by atoms with Gasteiger partial charge < -0.3 is 0 Å². The quantitative estimate of drug-likeness (QED) is 0.751. The lowest BCUT2D eigenvalue weighted by Gasteiger charge is -2.04. The van der Waals surface area contributed by atoms with E-state index in [9.17, 15) is 8.42 Å². The van der Waals surface area contributed by atoms with Gasteiger partial charge in [0.25, 0.3) is 0 Å². The third-order valence-corrected chi connectivity index (χ3v) is 3.95. The zero-order valence-electron chi connectivity index (χ0n) is 11.6. The van der Waals surface area contributed by atoms with E-state index in [1.54, 1.807) is 19.1 Å². The van der Waals surface area contributed by atoms with Gasteiger partial charge in [-0.25, -0.2) is 8.42 Å². The summed E-state index contributed by atoms with van der Waals surface area (Å²) in [5.41, 5.74) is 2.14. The first kappa shape index (κ1) is 18.3. The van der Waals surface area contributed by atoms with Crippen molar-refractivity contribution >= 4 is 9.84 Å². The molecule has 0 spiro atoms. The molecule has 0 fully saturated rings. The Kier molecular flexibility index (Phi) is 9.67.